The van der Waals surface area contributed by atoms with E-state index in [0.717, 1.165) is 80.7 Å². The average Bonchev–Trinajstić information content (AvgIpc) is 2.89. The molecule has 1 saturated carbocycles. The average molecular weight is 506 g/mol. The van der Waals surface area contributed by atoms with Crippen LogP contribution in [0, 0.1) is 0 Å². The van der Waals surface area contributed by atoms with Crippen LogP contribution >= 0.6 is 0 Å². The van der Waals surface area contributed by atoms with E-state index in [2.05, 4.69) is 15.5 Å². The van der Waals surface area contributed by atoms with Crippen molar-refractivity contribution in [3.8, 4) is 5.75 Å². The van der Waals surface area contributed by atoms with E-state index in [1.165, 1.54) is 0 Å². The Kier molecular flexibility index (Phi) is 8.61. The summed E-state index contributed by atoms with van der Waals surface area (Å²) in [6, 6.07) is 13.1. The zero-order chi connectivity index (χ0) is 25.5. The SMILES string of the molecule is COc1ccc(COC(=O)NC2CCCCC2NC2CCCN(c3ccc(C(F)(F)F)cc3)C2)cc1. The number of piperidine rings is 1. The molecule has 4 rings (SSSR count). The van der Waals surface area contributed by atoms with Crippen molar-refractivity contribution in [2.24, 2.45) is 0 Å². The fourth-order valence-corrected chi connectivity index (χ4v) is 5.08. The van der Waals surface area contributed by atoms with Crippen LogP contribution < -0.4 is 20.3 Å². The predicted molar refractivity (Wildman–Crippen MR) is 132 cm³/mol. The second-order valence-electron chi connectivity index (χ2n) is 9.56. The molecule has 2 aromatic carbocycles. The lowest BCUT2D eigenvalue weighted by Gasteiger charge is -2.40. The van der Waals surface area contributed by atoms with Gasteiger partial charge in [-0.2, -0.15) is 13.2 Å². The van der Waals surface area contributed by atoms with Gasteiger partial charge in [-0.05, 0) is 67.6 Å². The van der Waals surface area contributed by atoms with Gasteiger partial charge in [-0.3, -0.25) is 0 Å². The molecule has 9 heteroatoms. The maximum Gasteiger partial charge on any atom is 0.416 e. The van der Waals surface area contributed by atoms with Gasteiger partial charge < -0.3 is 25.0 Å². The Bertz CT molecular complexity index is 982. The maximum atomic E-state index is 12.9. The summed E-state index contributed by atoms with van der Waals surface area (Å²) in [5, 5.41) is 6.78. The normalized spacial score (nSPS) is 22.7. The van der Waals surface area contributed by atoms with E-state index < -0.39 is 17.8 Å². The molecular formula is C27H34F3N3O3. The summed E-state index contributed by atoms with van der Waals surface area (Å²) in [6.07, 6.45) is 1.15. The quantitative estimate of drug-likeness (QED) is 0.520. The third kappa shape index (κ3) is 7.06. The van der Waals surface area contributed by atoms with Gasteiger partial charge in [-0.15, -0.1) is 0 Å². The molecule has 3 atom stereocenters. The number of ether oxygens (including phenoxy) is 2. The number of nitrogens with one attached hydrogen (secondary N) is 2. The van der Waals surface area contributed by atoms with Crippen LogP contribution in [0.4, 0.5) is 23.7 Å². The summed E-state index contributed by atoms with van der Waals surface area (Å²) in [5.74, 6) is 0.749. The van der Waals surface area contributed by atoms with Crippen LogP contribution in [0.15, 0.2) is 48.5 Å². The minimum Gasteiger partial charge on any atom is -0.497 e. The molecule has 36 heavy (non-hydrogen) atoms. The summed E-state index contributed by atoms with van der Waals surface area (Å²) in [6.45, 7) is 1.72. The molecule has 1 saturated heterocycles. The van der Waals surface area contributed by atoms with Gasteiger partial charge in [0.15, 0.2) is 0 Å². The Balaban J connectivity index is 1.29. The van der Waals surface area contributed by atoms with Gasteiger partial charge in [-0.1, -0.05) is 25.0 Å². The number of halogens is 3. The first-order chi connectivity index (χ1) is 17.3. The van der Waals surface area contributed by atoms with Crippen molar-refractivity contribution in [2.75, 3.05) is 25.1 Å². The number of methoxy groups -OCH3 is 1. The molecule has 1 heterocycles. The van der Waals surface area contributed by atoms with Crippen molar-refractivity contribution in [1.29, 1.82) is 0 Å². The Morgan fingerprint density at radius 1 is 0.972 bits per heavy atom. The van der Waals surface area contributed by atoms with Gasteiger partial charge in [0.1, 0.15) is 12.4 Å². The summed E-state index contributed by atoms with van der Waals surface area (Å²) >= 11 is 0. The monoisotopic (exact) mass is 505 g/mol. The second-order valence-corrected chi connectivity index (χ2v) is 9.56. The molecule has 2 aliphatic rings. The lowest BCUT2D eigenvalue weighted by Crippen LogP contribution is -2.57. The van der Waals surface area contributed by atoms with Crippen LogP contribution in [0.1, 0.15) is 49.7 Å². The first-order valence-electron chi connectivity index (χ1n) is 12.6. The minimum atomic E-state index is -4.33. The number of carbonyl (C=O) groups is 1. The van der Waals surface area contributed by atoms with Crippen molar-refractivity contribution in [3.63, 3.8) is 0 Å². The van der Waals surface area contributed by atoms with Crippen LogP contribution in [0.3, 0.4) is 0 Å². The summed E-state index contributed by atoms with van der Waals surface area (Å²) in [4.78, 5) is 14.6. The van der Waals surface area contributed by atoms with E-state index in [4.69, 9.17) is 9.47 Å². The molecule has 2 fully saturated rings. The lowest BCUT2D eigenvalue weighted by atomic mass is 9.89. The Labute approximate surface area is 210 Å². The largest absolute Gasteiger partial charge is 0.497 e. The molecule has 1 amide bonds. The van der Waals surface area contributed by atoms with Crippen LogP contribution in [0.5, 0.6) is 5.75 Å². The fourth-order valence-electron chi connectivity index (χ4n) is 5.08. The molecule has 1 aliphatic carbocycles. The summed E-state index contributed by atoms with van der Waals surface area (Å²) < 4.78 is 49.3. The Hall–Kier alpha value is -2.94. The van der Waals surface area contributed by atoms with E-state index in [1.807, 2.05) is 24.3 Å². The van der Waals surface area contributed by atoms with E-state index in [0.29, 0.717) is 0 Å². The van der Waals surface area contributed by atoms with Crippen molar-refractivity contribution < 1.29 is 27.4 Å². The number of rotatable bonds is 7. The highest BCUT2D eigenvalue weighted by molar-refractivity contribution is 5.67. The molecule has 6 nitrogen and oxygen atoms in total. The number of anilines is 1. The highest BCUT2D eigenvalue weighted by Crippen LogP contribution is 2.31. The van der Waals surface area contributed by atoms with Gasteiger partial charge in [0.2, 0.25) is 0 Å². The smallest absolute Gasteiger partial charge is 0.416 e. The van der Waals surface area contributed by atoms with Gasteiger partial charge in [0.25, 0.3) is 0 Å². The zero-order valence-electron chi connectivity index (χ0n) is 20.5. The highest BCUT2D eigenvalue weighted by Gasteiger charge is 2.32. The third-order valence-corrected chi connectivity index (χ3v) is 7.03. The number of hydrogen-bond acceptors (Lipinski definition) is 5. The molecule has 0 aromatic heterocycles. The molecular weight excluding hydrogens is 471 g/mol. The fraction of sp³-hybridized carbons (Fsp3) is 0.519. The van der Waals surface area contributed by atoms with E-state index in [-0.39, 0.29) is 24.7 Å². The van der Waals surface area contributed by atoms with Gasteiger partial charge in [0, 0.05) is 36.9 Å². The predicted octanol–water partition coefficient (Wildman–Crippen LogP) is 5.51. The number of alkyl halides is 3. The number of nitrogens with zero attached hydrogens (tertiary/aromatic N) is 1. The van der Waals surface area contributed by atoms with Crippen molar-refractivity contribution in [2.45, 2.75) is 69.4 Å². The van der Waals surface area contributed by atoms with Gasteiger partial charge in [0.05, 0.1) is 12.7 Å². The standard InChI is InChI=1S/C27H34F3N3O3/c1-35-23-14-8-19(9-15-23)18-36-26(34)32-25-7-3-2-6-24(25)31-21-5-4-16-33(17-21)22-12-10-20(11-13-22)27(28,29)30/h8-15,21,24-25,31H,2-7,16-18H2,1H3,(H,32,34). The maximum absolute atomic E-state index is 12.9. The second kappa shape index (κ2) is 11.9. The van der Waals surface area contributed by atoms with Crippen molar-refractivity contribution in [3.05, 3.63) is 59.7 Å². The van der Waals surface area contributed by atoms with Crippen molar-refractivity contribution >= 4 is 11.8 Å². The number of benzene rings is 2. The highest BCUT2D eigenvalue weighted by atomic mass is 19.4. The van der Waals surface area contributed by atoms with E-state index in [1.54, 1.807) is 19.2 Å². The molecule has 196 valence electrons. The minimum absolute atomic E-state index is 0.0245. The van der Waals surface area contributed by atoms with Crippen LogP contribution in [0.25, 0.3) is 0 Å². The van der Waals surface area contributed by atoms with E-state index >= 15 is 0 Å². The van der Waals surface area contributed by atoms with Crippen molar-refractivity contribution in [1.82, 2.24) is 10.6 Å². The van der Waals surface area contributed by atoms with Gasteiger partial charge >= 0.3 is 12.3 Å². The Morgan fingerprint density at radius 3 is 2.33 bits per heavy atom. The summed E-state index contributed by atoms with van der Waals surface area (Å²) in [5.41, 5.74) is 1.05. The molecule has 2 N–H and O–H groups in total. The molecule has 2 aromatic rings. The van der Waals surface area contributed by atoms with Crippen LogP contribution in [-0.4, -0.2) is 44.4 Å². The lowest BCUT2D eigenvalue weighted by molar-refractivity contribution is -0.137. The summed E-state index contributed by atoms with van der Waals surface area (Å²) in [7, 11) is 1.60. The number of alkyl carbamates (subject to hydrolysis) is 1. The molecule has 0 bridgehead atoms. The van der Waals surface area contributed by atoms with Gasteiger partial charge in [-0.25, -0.2) is 4.79 Å². The number of amides is 1. The molecule has 1 aliphatic heterocycles. The Morgan fingerprint density at radius 2 is 1.67 bits per heavy atom. The van der Waals surface area contributed by atoms with Crippen LogP contribution in [-0.2, 0) is 17.5 Å². The number of hydrogen-bond donors (Lipinski definition) is 2. The molecule has 0 spiro atoms. The number of carbonyl (C=O) groups excluding carboxylic acids is 1. The topological polar surface area (TPSA) is 62.8 Å². The first-order valence-corrected chi connectivity index (χ1v) is 12.6. The third-order valence-electron chi connectivity index (χ3n) is 7.03. The first kappa shape index (κ1) is 26.1. The van der Waals surface area contributed by atoms with Crippen LogP contribution in [0.2, 0.25) is 0 Å². The zero-order valence-corrected chi connectivity index (χ0v) is 20.5. The molecule has 3 unspecified atom stereocenters. The molecule has 0 radical (unpaired) electrons. The van der Waals surface area contributed by atoms with E-state index in [9.17, 15) is 18.0 Å².